The molecule has 0 radical (unpaired) electrons. The normalized spacial score (nSPS) is 17.6. The van der Waals surface area contributed by atoms with Crippen LogP contribution in [0.5, 0.6) is 0 Å². The SMILES string of the molecule is C=CC(=O)N1CCC(n2nc(C#Cc3cc4ncn(C5CC5)c4c(F)c3Cl)c(C(N)=O)c2N)C1. The molecule has 9 nitrogen and oxygen atoms in total. The summed E-state index contributed by atoms with van der Waals surface area (Å²) in [5.74, 6) is 4.04. The molecule has 1 aromatic carbocycles. The Labute approximate surface area is 199 Å². The van der Waals surface area contributed by atoms with E-state index in [0.717, 1.165) is 12.8 Å². The van der Waals surface area contributed by atoms with Gasteiger partial charge < -0.3 is 20.9 Å². The van der Waals surface area contributed by atoms with Crippen molar-refractivity contribution >= 4 is 40.3 Å². The maximum absolute atomic E-state index is 15.1. The van der Waals surface area contributed by atoms with Gasteiger partial charge in [-0.2, -0.15) is 5.10 Å². The van der Waals surface area contributed by atoms with Crippen molar-refractivity contribution in [3.8, 4) is 11.8 Å². The summed E-state index contributed by atoms with van der Waals surface area (Å²) in [6.45, 7) is 4.36. The van der Waals surface area contributed by atoms with Gasteiger partial charge in [-0.05, 0) is 37.3 Å². The van der Waals surface area contributed by atoms with E-state index in [1.165, 1.54) is 10.8 Å². The Balaban J connectivity index is 1.52. The van der Waals surface area contributed by atoms with Gasteiger partial charge in [0, 0.05) is 24.7 Å². The summed E-state index contributed by atoms with van der Waals surface area (Å²) in [7, 11) is 0. The minimum Gasteiger partial charge on any atom is -0.383 e. The molecule has 1 atom stereocenters. The van der Waals surface area contributed by atoms with Gasteiger partial charge in [0.1, 0.15) is 16.9 Å². The fourth-order valence-electron chi connectivity index (χ4n) is 4.30. The second-order valence-corrected chi connectivity index (χ2v) is 8.78. The molecule has 34 heavy (non-hydrogen) atoms. The number of carbonyl (C=O) groups is 2. The predicted octanol–water partition coefficient (Wildman–Crippen LogP) is 2.40. The van der Waals surface area contributed by atoms with E-state index in [-0.39, 0.29) is 45.7 Å². The van der Waals surface area contributed by atoms with E-state index in [4.69, 9.17) is 23.1 Å². The highest BCUT2D eigenvalue weighted by atomic mass is 35.5. The summed E-state index contributed by atoms with van der Waals surface area (Å²) < 4.78 is 18.3. The minimum absolute atomic E-state index is 0.0309. The van der Waals surface area contributed by atoms with Crippen LogP contribution >= 0.6 is 11.6 Å². The van der Waals surface area contributed by atoms with E-state index in [2.05, 4.69) is 28.5 Å². The number of rotatable bonds is 4. The first-order valence-corrected chi connectivity index (χ1v) is 11.1. The predicted molar refractivity (Wildman–Crippen MR) is 125 cm³/mol. The summed E-state index contributed by atoms with van der Waals surface area (Å²) in [5, 5.41) is 4.26. The number of benzene rings is 1. The molecule has 4 N–H and O–H groups in total. The number of likely N-dealkylation sites (tertiary alicyclic amines) is 1. The monoisotopic (exact) mass is 481 g/mol. The Hall–Kier alpha value is -3.84. The summed E-state index contributed by atoms with van der Waals surface area (Å²) in [6.07, 6.45) is 5.39. The standard InChI is InChI=1S/C23H21ClFN7O2/c1-2-17(33)30-8-7-14(10-30)32-22(26)18(23(27)34)15(29-32)6-3-12-9-16-21(20(25)19(12)24)31(11-28-16)13-4-5-13/h2,9,11,13-14H,1,4-5,7-8,10,26H2,(H2,27,34). The van der Waals surface area contributed by atoms with Crippen molar-refractivity contribution in [2.45, 2.75) is 31.3 Å². The second-order valence-electron chi connectivity index (χ2n) is 8.40. The van der Waals surface area contributed by atoms with Crippen LogP contribution in [0.2, 0.25) is 5.02 Å². The van der Waals surface area contributed by atoms with Crippen molar-refractivity contribution in [2.24, 2.45) is 5.73 Å². The molecule has 2 fully saturated rings. The number of nitrogens with two attached hydrogens (primary N) is 2. The Morgan fingerprint density at radius 1 is 1.26 bits per heavy atom. The van der Waals surface area contributed by atoms with Gasteiger partial charge in [-0.3, -0.25) is 9.59 Å². The quantitative estimate of drug-likeness (QED) is 0.437. The van der Waals surface area contributed by atoms with Crippen LogP contribution in [0, 0.1) is 17.7 Å². The lowest BCUT2D eigenvalue weighted by molar-refractivity contribution is -0.125. The Morgan fingerprint density at radius 2 is 2.03 bits per heavy atom. The third kappa shape index (κ3) is 3.58. The number of nitrogens with zero attached hydrogens (tertiary/aromatic N) is 5. The van der Waals surface area contributed by atoms with Gasteiger partial charge in [0.25, 0.3) is 5.91 Å². The van der Waals surface area contributed by atoms with Crippen LogP contribution in [0.15, 0.2) is 25.0 Å². The number of halogens is 2. The summed E-state index contributed by atoms with van der Waals surface area (Å²) in [4.78, 5) is 29.9. The van der Waals surface area contributed by atoms with Crippen LogP contribution in [0.4, 0.5) is 10.2 Å². The third-order valence-electron chi connectivity index (χ3n) is 6.19. The van der Waals surface area contributed by atoms with Gasteiger partial charge in [-0.15, -0.1) is 0 Å². The topological polar surface area (TPSA) is 125 Å². The third-order valence-corrected chi connectivity index (χ3v) is 6.55. The number of hydrogen-bond acceptors (Lipinski definition) is 5. The molecule has 2 amide bonds. The van der Waals surface area contributed by atoms with Crippen molar-refractivity contribution in [2.75, 3.05) is 18.8 Å². The van der Waals surface area contributed by atoms with Crippen LogP contribution in [0.25, 0.3) is 11.0 Å². The first-order chi connectivity index (χ1) is 16.3. The first-order valence-electron chi connectivity index (χ1n) is 10.8. The highest BCUT2D eigenvalue weighted by Crippen LogP contribution is 2.39. The number of imidazole rings is 1. The molecule has 1 aliphatic carbocycles. The average Bonchev–Trinajstić information content (AvgIpc) is 3.23. The number of amides is 2. The van der Waals surface area contributed by atoms with Gasteiger partial charge in [-0.25, -0.2) is 14.1 Å². The Bertz CT molecular complexity index is 1430. The van der Waals surface area contributed by atoms with Crippen molar-refractivity contribution in [3.05, 3.63) is 52.7 Å². The average molecular weight is 482 g/mol. The highest BCUT2D eigenvalue weighted by molar-refractivity contribution is 6.32. The zero-order valence-electron chi connectivity index (χ0n) is 18.1. The molecule has 3 heterocycles. The molecular weight excluding hydrogens is 461 g/mol. The lowest BCUT2D eigenvalue weighted by Gasteiger charge is -2.15. The molecule has 174 valence electrons. The maximum atomic E-state index is 15.1. The van der Waals surface area contributed by atoms with Crippen molar-refractivity contribution < 1.29 is 14.0 Å². The molecule has 3 aromatic rings. The van der Waals surface area contributed by atoms with E-state index in [1.54, 1.807) is 21.9 Å². The lowest BCUT2D eigenvalue weighted by atomic mass is 10.1. The number of hydrogen-bond donors (Lipinski definition) is 2. The molecule has 1 saturated heterocycles. The molecule has 11 heteroatoms. The van der Waals surface area contributed by atoms with E-state index in [9.17, 15) is 9.59 Å². The molecule has 1 unspecified atom stereocenters. The van der Waals surface area contributed by atoms with E-state index in [1.807, 2.05) is 0 Å². The summed E-state index contributed by atoms with van der Waals surface area (Å²) in [5.41, 5.74) is 12.7. The number of anilines is 1. The maximum Gasteiger partial charge on any atom is 0.255 e. The summed E-state index contributed by atoms with van der Waals surface area (Å²) in [6, 6.07) is 1.60. The number of aromatic nitrogens is 4. The van der Waals surface area contributed by atoms with Gasteiger partial charge in [0.05, 0.1) is 22.9 Å². The Morgan fingerprint density at radius 3 is 2.71 bits per heavy atom. The molecule has 0 spiro atoms. The van der Waals surface area contributed by atoms with Crippen LogP contribution in [-0.4, -0.2) is 49.1 Å². The molecule has 0 bridgehead atoms. The highest BCUT2D eigenvalue weighted by Gasteiger charge is 2.31. The Kier molecular flexibility index (Phi) is 5.29. The first kappa shape index (κ1) is 22.0. The number of carbonyl (C=O) groups excluding carboxylic acids is 2. The van der Waals surface area contributed by atoms with E-state index in [0.29, 0.717) is 30.5 Å². The van der Waals surface area contributed by atoms with Crippen molar-refractivity contribution in [3.63, 3.8) is 0 Å². The fourth-order valence-corrected chi connectivity index (χ4v) is 4.49. The fraction of sp³-hybridized carbons (Fsp3) is 0.304. The molecule has 2 aromatic heterocycles. The summed E-state index contributed by atoms with van der Waals surface area (Å²) >= 11 is 6.29. The molecule has 1 aliphatic heterocycles. The molecule has 2 aliphatic rings. The second kappa shape index (κ2) is 8.18. The molecule has 5 rings (SSSR count). The van der Waals surface area contributed by atoms with Crippen molar-refractivity contribution in [1.29, 1.82) is 0 Å². The van der Waals surface area contributed by atoms with Gasteiger partial charge in [-0.1, -0.05) is 24.1 Å². The zero-order chi connectivity index (χ0) is 24.1. The van der Waals surface area contributed by atoms with Crippen LogP contribution in [0.3, 0.4) is 0 Å². The van der Waals surface area contributed by atoms with E-state index >= 15 is 4.39 Å². The largest absolute Gasteiger partial charge is 0.383 e. The smallest absolute Gasteiger partial charge is 0.255 e. The molecule has 1 saturated carbocycles. The van der Waals surface area contributed by atoms with E-state index < -0.39 is 11.7 Å². The van der Waals surface area contributed by atoms with Gasteiger partial charge in [0.2, 0.25) is 5.91 Å². The molecular formula is C23H21ClFN7O2. The minimum atomic E-state index is -0.791. The van der Waals surface area contributed by atoms with Crippen LogP contribution < -0.4 is 11.5 Å². The van der Waals surface area contributed by atoms with Crippen LogP contribution in [-0.2, 0) is 4.79 Å². The number of nitrogen functional groups attached to an aromatic ring is 1. The zero-order valence-corrected chi connectivity index (χ0v) is 18.8. The van der Waals surface area contributed by atoms with Gasteiger partial charge in [0.15, 0.2) is 11.5 Å². The van der Waals surface area contributed by atoms with Gasteiger partial charge >= 0.3 is 0 Å². The van der Waals surface area contributed by atoms with Crippen LogP contribution in [0.1, 0.15) is 53.0 Å². The number of fused-ring (bicyclic) bond motifs is 1. The number of primary amides is 1. The van der Waals surface area contributed by atoms with Crippen molar-refractivity contribution in [1.82, 2.24) is 24.2 Å². The lowest BCUT2D eigenvalue weighted by Crippen LogP contribution is -2.27.